The third kappa shape index (κ3) is 3.66. The maximum Gasteiger partial charge on any atom is 0.387 e. The maximum atomic E-state index is 11.1. The second-order valence-electron chi connectivity index (χ2n) is 5.20. The van der Waals surface area contributed by atoms with Gasteiger partial charge in [0.15, 0.2) is 0 Å². The first-order chi connectivity index (χ1) is 9.72. The van der Waals surface area contributed by atoms with Crippen molar-refractivity contribution in [2.75, 3.05) is 24.5 Å². The van der Waals surface area contributed by atoms with Crippen LogP contribution in [0.3, 0.4) is 0 Å². The number of hydrogen-bond donors (Lipinski definition) is 1. The first-order valence-electron chi connectivity index (χ1n) is 7.30. The third-order valence-corrected chi connectivity index (χ3v) is 3.63. The highest BCUT2D eigenvalue weighted by Crippen LogP contribution is 2.26. The zero-order chi connectivity index (χ0) is 14.4. The van der Waals surface area contributed by atoms with Gasteiger partial charge in [0.25, 0.3) is 0 Å². The summed E-state index contributed by atoms with van der Waals surface area (Å²) < 4.78 is 0. The van der Waals surface area contributed by atoms with Crippen LogP contribution in [0.25, 0.3) is 0 Å². The number of nitrogens with zero attached hydrogens (tertiary/aromatic N) is 3. The molecule has 2 rings (SSSR count). The van der Waals surface area contributed by atoms with Crippen molar-refractivity contribution in [3.05, 3.63) is 28.4 Å². The molecule has 0 aromatic carbocycles. The topological polar surface area (TPSA) is 71.3 Å². The van der Waals surface area contributed by atoms with Crippen molar-refractivity contribution in [1.29, 1.82) is 0 Å². The molecule has 1 atom stereocenters. The molecule has 6 heteroatoms. The molecule has 0 spiro atoms. The smallest absolute Gasteiger partial charge is 0.363 e. The average molecular weight is 278 g/mol. The summed E-state index contributed by atoms with van der Waals surface area (Å²) in [5, 5.41) is 14.6. The number of anilines is 1. The van der Waals surface area contributed by atoms with Crippen molar-refractivity contribution in [3.63, 3.8) is 0 Å². The fourth-order valence-electron chi connectivity index (χ4n) is 2.70. The molecule has 0 aliphatic carbocycles. The van der Waals surface area contributed by atoms with E-state index in [4.69, 9.17) is 0 Å². The van der Waals surface area contributed by atoms with Crippen molar-refractivity contribution in [2.24, 2.45) is 0 Å². The highest BCUT2D eigenvalue weighted by molar-refractivity contribution is 5.59. The molecule has 110 valence electrons. The summed E-state index contributed by atoms with van der Waals surface area (Å²) in [5.41, 5.74) is 0.631. The Morgan fingerprint density at radius 2 is 2.40 bits per heavy atom. The number of piperidine rings is 1. The molecule has 20 heavy (non-hydrogen) atoms. The monoisotopic (exact) mass is 278 g/mol. The van der Waals surface area contributed by atoms with E-state index in [1.165, 1.54) is 19.0 Å². The normalized spacial score (nSPS) is 18.8. The van der Waals surface area contributed by atoms with Crippen molar-refractivity contribution in [1.82, 2.24) is 10.3 Å². The van der Waals surface area contributed by atoms with Gasteiger partial charge in [0, 0.05) is 19.1 Å². The van der Waals surface area contributed by atoms with Gasteiger partial charge in [0.1, 0.15) is 11.9 Å². The molecule has 2 heterocycles. The van der Waals surface area contributed by atoms with Gasteiger partial charge in [-0.25, -0.2) is 0 Å². The zero-order valence-corrected chi connectivity index (χ0v) is 11.9. The lowest BCUT2D eigenvalue weighted by molar-refractivity contribution is -0.388. The van der Waals surface area contributed by atoms with Crippen LogP contribution in [0.4, 0.5) is 11.5 Å². The largest absolute Gasteiger partial charge is 0.387 e. The summed E-state index contributed by atoms with van der Waals surface area (Å²) in [5.74, 6) is -0.0447. The lowest BCUT2D eigenvalue weighted by Gasteiger charge is -2.31. The predicted octanol–water partition coefficient (Wildman–Crippen LogP) is 2.35. The minimum Gasteiger partial charge on any atom is -0.363 e. The van der Waals surface area contributed by atoms with Gasteiger partial charge in [-0.15, -0.1) is 0 Å². The fourth-order valence-corrected chi connectivity index (χ4v) is 2.70. The van der Waals surface area contributed by atoms with Crippen molar-refractivity contribution in [2.45, 2.75) is 38.6 Å². The molecule has 1 saturated heterocycles. The van der Waals surface area contributed by atoms with Gasteiger partial charge in [-0.05, 0) is 47.8 Å². The van der Waals surface area contributed by atoms with Crippen molar-refractivity contribution >= 4 is 11.5 Å². The molecule has 1 aromatic heterocycles. The Labute approximate surface area is 119 Å². The van der Waals surface area contributed by atoms with Crippen LogP contribution in [0.1, 0.15) is 32.6 Å². The molecular weight excluding hydrogens is 256 g/mol. The van der Waals surface area contributed by atoms with E-state index >= 15 is 0 Å². The summed E-state index contributed by atoms with van der Waals surface area (Å²) in [4.78, 5) is 16.7. The summed E-state index contributed by atoms with van der Waals surface area (Å²) in [6.45, 7) is 4.74. The predicted molar refractivity (Wildman–Crippen MR) is 79.0 cm³/mol. The van der Waals surface area contributed by atoms with Crippen LogP contribution in [0.15, 0.2) is 18.3 Å². The molecular formula is C14H22N4O2. The fraction of sp³-hybridized carbons (Fsp3) is 0.643. The number of aromatic nitrogens is 1. The van der Waals surface area contributed by atoms with Crippen LogP contribution in [0.5, 0.6) is 0 Å². The molecule has 0 bridgehead atoms. The first-order valence-corrected chi connectivity index (χ1v) is 7.30. The van der Waals surface area contributed by atoms with E-state index in [0.29, 0.717) is 11.7 Å². The van der Waals surface area contributed by atoms with Gasteiger partial charge in [0.2, 0.25) is 0 Å². The standard InChI is InChI=1S/C14H22N4O2/c1-2-10-17(11-12-6-3-4-8-15-12)13-7-5-9-16-14(13)18(19)20/h5,7,9,12,15H,2-4,6,8,10-11H2,1H3. The first kappa shape index (κ1) is 14.7. The Bertz CT molecular complexity index is 447. The lowest BCUT2D eigenvalue weighted by atomic mass is 10.0. The van der Waals surface area contributed by atoms with Crippen LogP contribution < -0.4 is 10.2 Å². The molecule has 0 amide bonds. The van der Waals surface area contributed by atoms with Gasteiger partial charge in [0.05, 0.1) is 0 Å². The van der Waals surface area contributed by atoms with E-state index in [9.17, 15) is 10.1 Å². The highest BCUT2D eigenvalue weighted by atomic mass is 16.6. The Hall–Kier alpha value is -1.69. The molecule has 0 radical (unpaired) electrons. The van der Waals surface area contributed by atoms with Gasteiger partial charge < -0.3 is 20.3 Å². The lowest BCUT2D eigenvalue weighted by Crippen LogP contribution is -2.44. The second-order valence-corrected chi connectivity index (χ2v) is 5.20. The number of rotatable bonds is 6. The molecule has 6 nitrogen and oxygen atoms in total. The Kier molecular flexibility index (Phi) is 5.29. The van der Waals surface area contributed by atoms with E-state index < -0.39 is 4.92 Å². The molecule has 1 fully saturated rings. The molecule has 1 N–H and O–H groups in total. The molecule has 1 aliphatic heterocycles. The van der Waals surface area contributed by atoms with E-state index in [-0.39, 0.29) is 5.82 Å². The van der Waals surface area contributed by atoms with E-state index in [2.05, 4.69) is 22.1 Å². The van der Waals surface area contributed by atoms with Crippen LogP contribution in [0, 0.1) is 10.1 Å². The van der Waals surface area contributed by atoms with Gasteiger partial charge in [-0.1, -0.05) is 13.3 Å². The minimum absolute atomic E-state index is 0.0447. The highest BCUT2D eigenvalue weighted by Gasteiger charge is 2.23. The summed E-state index contributed by atoms with van der Waals surface area (Å²) >= 11 is 0. The van der Waals surface area contributed by atoms with Gasteiger partial charge in [-0.3, -0.25) is 0 Å². The molecule has 1 aliphatic rings. The Morgan fingerprint density at radius 1 is 1.55 bits per heavy atom. The van der Waals surface area contributed by atoms with Gasteiger partial charge >= 0.3 is 5.82 Å². The van der Waals surface area contributed by atoms with E-state index in [1.54, 1.807) is 12.1 Å². The van der Waals surface area contributed by atoms with Crippen LogP contribution in [-0.4, -0.2) is 35.6 Å². The number of nitro groups is 1. The van der Waals surface area contributed by atoms with Crippen LogP contribution >= 0.6 is 0 Å². The third-order valence-electron chi connectivity index (χ3n) is 3.63. The van der Waals surface area contributed by atoms with Gasteiger partial charge in [-0.2, -0.15) is 0 Å². The van der Waals surface area contributed by atoms with Crippen LogP contribution in [-0.2, 0) is 0 Å². The Balaban J connectivity index is 2.16. The van der Waals surface area contributed by atoms with E-state index in [1.807, 2.05) is 0 Å². The molecule has 1 aromatic rings. The van der Waals surface area contributed by atoms with Crippen molar-refractivity contribution < 1.29 is 4.92 Å². The van der Waals surface area contributed by atoms with Crippen molar-refractivity contribution in [3.8, 4) is 0 Å². The van der Waals surface area contributed by atoms with E-state index in [0.717, 1.165) is 32.5 Å². The average Bonchev–Trinajstić information content (AvgIpc) is 2.48. The number of pyridine rings is 1. The second kappa shape index (κ2) is 7.19. The Morgan fingerprint density at radius 3 is 3.05 bits per heavy atom. The SMILES string of the molecule is CCCN(CC1CCCCN1)c1cccnc1[N+](=O)[O-]. The molecule has 0 saturated carbocycles. The molecule has 1 unspecified atom stereocenters. The summed E-state index contributed by atoms with van der Waals surface area (Å²) in [7, 11) is 0. The number of nitrogens with one attached hydrogen (secondary N) is 1. The summed E-state index contributed by atoms with van der Waals surface area (Å²) in [6, 6.07) is 3.97. The number of hydrogen-bond acceptors (Lipinski definition) is 5. The maximum absolute atomic E-state index is 11.1. The zero-order valence-electron chi connectivity index (χ0n) is 11.9. The summed E-state index contributed by atoms with van der Waals surface area (Å²) in [6.07, 6.45) is 6.02. The minimum atomic E-state index is -0.397. The quantitative estimate of drug-likeness (QED) is 0.639. The van der Waals surface area contributed by atoms with Crippen LogP contribution in [0.2, 0.25) is 0 Å².